The molecular formula is C11H11BrN2S2. The standard InChI is InChI=1S/C11H11BrN2S2/c12-9-5-4-8(15-9)10(13)11-14-6-2-1-3-7(6)16-11/h4-5,10H,1-3,13H2. The Hall–Kier alpha value is -0.230. The highest BCUT2D eigenvalue weighted by molar-refractivity contribution is 9.11. The molecule has 2 N–H and O–H groups in total. The third-order valence-electron chi connectivity index (χ3n) is 2.78. The molecule has 1 unspecified atom stereocenters. The maximum atomic E-state index is 6.23. The number of nitrogens with zero attached hydrogens (tertiary/aromatic N) is 1. The number of thiophene rings is 1. The number of rotatable bonds is 2. The smallest absolute Gasteiger partial charge is 0.115 e. The molecule has 2 aromatic heterocycles. The van der Waals surface area contributed by atoms with Crippen molar-refractivity contribution in [1.82, 2.24) is 4.98 Å². The number of hydrogen-bond donors (Lipinski definition) is 1. The average Bonchev–Trinajstić information content (AvgIpc) is 2.89. The lowest BCUT2D eigenvalue weighted by molar-refractivity contribution is 0.847. The van der Waals surface area contributed by atoms with Crippen molar-refractivity contribution in [2.75, 3.05) is 0 Å². The quantitative estimate of drug-likeness (QED) is 0.921. The van der Waals surface area contributed by atoms with Crippen molar-refractivity contribution in [3.63, 3.8) is 0 Å². The van der Waals surface area contributed by atoms with Crippen LogP contribution in [0.1, 0.15) is 32.9 Å². The predicted molar refractivity (Wildman–Crippen MR) is 72.2 cm³/mol. The van der Waals surface area contributed by atoms with Crippen molar-refractivity contribution in [3.8, 4) is 0 Å². The molecule has 0 saturated carbocycles. The lowest BCUT2D eigenvalue weighted by Gasteiger charge is -2.04. The van der Waals surface area contributed by atoms with Gasteiger partial charge in [-0.3, -0.25) is 0 Å². The molecule has 1 aliphatic rings. The Morgan fingerprint density at radius 3 is 2.88 bits per heavy atom. The van der Waals surface area contributed by atoms with Crippen LogP contribution < -0.4 is 5.73 Å². The number of fused-ring (bicyclic) bond motifs is 1. The lowest BCUT2D eigenvalue weighted by atomic mass is 10.2. The molecular weight excluding hydrogens is 304 g/mol. The molecule has 5 heteroatoms. The third-order valence-corrected chi connectivity index (χ3v) is 5.73. The van der Waals surface area contributed by atoms with Gasteiger partial charge in [-0.1, -0.05) is 0 Å². The highest BCUT2D eigenvalue weighted by Crippen LogP contribution is 2.35. The van der Waals surface area contributed by atoms with E-state index in [2.05, 4.69) is 27.0 Å². The van der Waals surface area contributed by atoms with Gasteiger partial charge in [0.2, 0.25) is 0 Å². The third kappa shape index (κ3) is 1.86. The number of hydrogen-bond acceptors (Lipinski definition) is 4. The average molecular weight is 315 g/mol. The van der Waals surface area contributed by atoms with Crippen LogP contribution in [0.3, 0.4) is 0 Å². The second-order valence-electron chi connectivity index (χ2n) is 3.90. The summed E-state index contributed by atoms with van der Waals surface area (Å²) in [5.41, 5.74) is 7.51. The zero-order chi connectivity index (χ0) is 11.1. The van der Waals surface area contributed by atoms with Crippen molar-refractivity contribution in [3.05, 3.63) is 36.4 Å². The van der Waals surface area contributed by atoms with Gasteiger partial charge in [0.1, 0.15) is 5.01 Å². The minimum Gasteiger partial charge on any atom is -0.318 e. The SMILES string of the molecule is NC(c1ccc(Br)s1)c1nc2c(s1)CCC2. The summed E-state index contributed by atoms with van der Waals surface area (Å²) in [6, 6.07) is 4.07. The van der Waals surface area contributed by atoms with Crippen LogP contribution >= 0.6 is 38.6 Å². The number of halogens is 1. The zero-order valence-corrected chi connectivity index (χ0v) is 11.8. The van der Waals surface area contributed by atoms with E-state index in [1.807, 2.05) is 6.07 Å². The maximum Gasteiger partial charge on any atom is 0.115 e. The van der Waals surface area contributed by atoms with Crippen LogP contribution in [0.5, 0.6) is 0 Å². The molecule has 0 amide bonds. The summed E-state index contributed by atoms with van der Waals surface area (Å²) in [4.78, 5) is 7.29. The molecule has 2 heterocycles. The Morgan fingerprint density at radius 1 is 1.31 bits per heavy atom. The van der Waals surface area contributed by atoms with Crippen LogP contribution in [-0.2, 0) is 12.8 Å². The van der Waals surface area contributed by atoms with Gasteiger partial charge in [0.05, 0.1) is 15.5 Å². The largest absolute Gasteiger partial charge is 0.318 e. The van der Waals surface area contributed by atoms with E-state index in [0.717, 1.165) is 15.2 Å². The molecule has 0 fully saturated rings. The number of aromatic nitrogens is 1. The first-order valence-electron chi connectivity index (χ1n) is 5.23. The van der Waals surface area contributed by atoms with Crippen LogP contribution in [0.25, 0.3) is 0 Å². The highest BCUT2D eigenvalue weighted by atomic mass is 79.9. The maximum absolute atomic E-state index is 6.23. The van der Waals surface area contributed by atoms with Gasteiger partial charge in [0.25, 0.3) is 0 Å². The van der Waals surface area contributed by atoms with Gasteiger partial charge in [0.15, 0.2) is 0 Å². The fraction of sp³-hybridized carbons (Fsp3) is 0.364. The van der Waals surface area contributed by atoms with Crippen molar-refractivity contribution in [1.29, 1.82) is 0 Å². The predicted octanol–water partition coefficient (Wildman–Crippen LogP) is 3.50. The highest BCUT2D eigenvalue weighted by Gasteiger charge is 2.21. The molecule has 3 rings (SSSR count). The topological polar surface area (TPSA) is 38.9 Å². The molecule has 2 nitrogen and oxygen atoms in total. The molecule has 0 bridgehead atoms. The number of aryl methyl sites for hydroxylation is 2. The van der Waals surface area contributed by atoms with Gasteiger partial charge < -0.3 is 5.73 Å². The van der Waals surface area contributed by atoms with Crippen molar-refractivity contribution >= 4 is 38.6 Å². The molecule has 0 aliphatic heterocycles. The molecule has 0 aromatic carbocycles. The van der Waals surface area contributed by atoms with Gasteiger partial charge in [-0.15, -0.1) is 22.7 Å². The van der Waals surface area contributed by atoms with Crippen LogP contribution in [0.15, 0.2) is 15.9 Å². The molecule has 16 heavy (non-hydrogen) atoms. The summed E-state index contributed by atoms with van der Waals surface area (Å²) in [6.45, 7) is 0. The van der Waals surface area contributed by atoms with E-state index >= 15 is 0 Å². The van der Waals surface area contributed by atoms with Crippen molar-refractivity contribution in [2.45, 2.75) is 25.3 Å². The van der Waals surface area contributed by atoms with E-state index in [9.17, 15) is 0 Å². The van der Waals surface area contributed by atoms with E-state index in [4.69, 9.17) is 5.73 Å². The molecule has 84 valence electrons. The van der Waals surface area contributed by atoms with E-state index < -0.39 is 0 Å². The van der Waals surface area contributed by atoms with Crippen molar-refractivity contribution < 1.29 is 0 Å². The first-order chi connectivity index (χ1) is 7.74. The summed E-state index contributed by atoms with van der Waals surface area (Å²) >= 11 is 6.94. The number of nitrogens with two attached hydrogens (primary N) is 1. The Balaban J connectivity index is 1.91. The zero-order valence-electron chi connectivity index (χ0n) is 8.57. The fourth-order valence-corrected chi connectivity index (χ4v) is 4.64. The molecule has 0 spiro atoms. The first kappa shape index (κ1) is 10.9. The fourth-order valence-electron chi connectivity index (χ4n) is 1.96. The summed E-state index contributed by atoms with van der Waals surface area (Å²) in [5.74, 6) is 0. The second kappa shape index (κ2) is 4.22. The summed E-state index contributed by atoms with van der Waals surface area (Å²) in [6.07, 6.45) is 3.58. The van der Waals surface area contributed by atoms with Crippen LogP contribution in [0, 0.1) is 0 Å². The summed E-state index contributed by atoms with van der Waals surface area (Å²) in [7, 11) is 0. The van der Waals surface area contributed by atoms with E-state index in [-0.39, 0.29) is 6.04 Å². The molecule has 0 radical (unpaired) electrons. The van der Waals surface area contributed by atoms with Crippen LogP contribution in [-0.4, -0.2) is 4.98 Å². The van der Waals surface area contributed by atoms with E-state index in [0.29, 0.717) is 0 Å². The Kier molecular flexibility index (Phi) is 2.87. The minimum atomic E-state index is -0.0492. The summed E-state index contributed by atoms with van der Waals surface area (Å²) < 4.78 is 1.13. The van der Waals surface area contributed by atoms with Gasteiger partial charge >= 0.3 is 0 Å². The lowest BCUT2D eigenvalue weighted by Crippen LogP contribution is -2.09. The Bertz CT molecular complexity index is 496. The normalized spacial score (nSPS) is 16.4. The van der Waals surface area contributed by atoms with Gasteiger partial charge in [-0.05, 0) is 47.3 Å². The van der Waals surface area contributed by atoms with E-state index in [1.165, 1.54) is 28.3 Å². The molecule has 2 aromatic rings. The monoisotopic (exact) mass is 314 g/mol. The van der Waals surface area contributed by atoms with Crippen LogP contribution in [0.4, 0.5) is 0 Å². The Labute approximate surface area is 111 Å². The van der Waals surface area contributed by atoms with Crippen LogP contribution in [0.2, 0.25) is 0 Å². The molecule has 1 atom stereocenters. The minimum absolute atomic E-state index is 0.0492. The van der Waals surface area contributed by atoms with E-state index in [1.54, 1.807) is 22.7 Å². The molecule has 0 saturated heterocycles. The summed E-state index contributed by atoms with van der Waals surface area (Å²) in [5, 5.41) is 1.07. The van der Waals surface area contributed by atoms with Gasteiger partial charge in [-0.2, -0.15) is 0 Å². The van der Waals surface area contributed by atoms with Crippen molar-refractivity contribution in [2.24, 2.45) is 5.73 Å². The first-order valence-corrected chi connectivity index (χ1v) is 7.66. The number of thiazole rings is 1. The van der Waals surface area contributed by atoms with Gasteiger partial charge in [0, 0.05) is 9.75 Å². The Morgan fingerprint density at radius 2 is 2.19 bits per heavy atom. The molecule has 1 aliphatic carbocycles. The second-order valence-corrected chi connectivity index (χ2v) is 7.50. The van der Waals surface area contributed by atoms with Gasteiger partial charge in [-0.25, -0.2) is 4.98 Å².